The molecule has 2 aromatic rings. The second-order valence-electron chi connectivity index (χ2n) is 4.44. The van der Waals surface area contributed by atoms with Gasteiger partial charge in [-0.15, -0.1) is 0 Å². The van der Waals surface area contributed by atoms with Crippen molar-refractivity contribution in [1.29, 1.82) is 5.26 Å². The van der Waals surface area contributed by atoms with Crippen LogP contribution in [0.3, 0.4) is 0 Å². The number of Topliss-reactive ketones (excluding diaryl/α,β-unsaturated/α-hetero) is 1. The third kappa shape index (κ3) is 2.87. The highest BCUT2D eigenvalue weighted by Gasteiger charge is 2.23. The molecule has 4 heteroatoms. The van der Waals surface area contributed by atoms with E-state index in [9.17, 15) is 14.4 Å². The van der Waals surface area contributed by atoms with Crippen LogP contribution in [0.15, 0.2) is 42.5 Å². The van der Waals surface area contributed by atoms with Crippen LogP contribution in [-0.2, 0) is 0 Å². The Hall–Kier alpha value is -2.18. The second kappa shape index (κ2) is 5.85. The maximum atomic E-state index is 13.3. The smallest absolute Gasteiger partial charge is 0.184 e. The number of aryl methyl sites for hydroxylation is 1. The zero-order valence-electron chi connectivity index (χ0n) is 10.7. The molecule has 2 rings (SSSR count). The molecule has 20 heavy (non-hydrogen) atoms. The van der Waals surface area contributed by atoms with Gasteiger partial charge in [0.15, 0.2) is 5.78 Å². The lowest BCUT2D eigenvalue weighted by Crippen LogP contribution is -2.13. The van der Waals surface area contributed by atoms with Crippen molar-refractivity contribution in [1.82, 2.24) is 0 Å². The molecule has 1 unspecified atom stereocenters. The number of nitrogens with zero attached hydrogens (tertiary/aromatic N) is 1. The largest absolute Gasteiger partial charge is 0.292 e. The summed E-state index contributed by atoms with van der Waals surface area (Å²) in [4.78, 5) is 12.4. The molecule has 0 saturated carbocycles. The summed E-state index contributed by atoms with van der Waals surface area (Å²) in [5, 5.41) is 9.71. The van der Waals surface area contributed by atoms with Crippen molar-refractivity contribution in [2.24, 2.45) is 0 Å². The van der Waals surface area contributed by atoms with Gasteiger partial charge in [-0.3, -0.25) is 4.79 Å². The minimum absolute atomic E-state index is 0.219. The van der Waals surface area contributed by atoms with Crippen molar-refractivity contribution in [3.63, 3.8) is 0 Å². The summed E-state index contributed by atoms with van der Waals surface area (Å²) in [5.41, 5.74) is 1.36. The van der Waals surface area contributed by atoms with Gasteiger partial charge in [0.05, 0.1) is 6.07 Å². The molecule has 0 fully saturated rings. The van der Waals surface area contributed by atoms with Crippen LogP contribution in [0, 0.1) is 24.1 Å². The first-order chi connectivity index (χ1) is 9.52. The molecular formula is C16H11ClFNO. The standard InChI is InChI=1S/C16H11ClFNO/c1-10-5-6-13(18)8-14(10)16(20)15(9-19)11-3-2-4-12(17)7-11/h2-8,15H,1H3. The van der Waals surface area contributed by atoms with Gasteiger partial charge in [0.25, 0.3) is 0 Å². The molecule has 0 aromatic heterocycles. The Balaban J connectivity index is 2.45. The van der Waals surface area contributed by atoms with E-state index in [0.717, 1.165) is 6.07 Å². The predicted molar refractivity (Wildman–Crippen MR) is 75.3 cm³/mol. The van der Waals surface area contributed by atoms with Crippen LogP contribution in [0.4, 0.5) is 4.39 Å². The Morgan fingerprint density at radius 2 is 2.05 bits per heavy atom. The number of nitriles is 1. The maximum absolute atomic E-state index is 13.3. The molecule has 0 radical (unpaired) electrons. The Labute approximate surface area is 121 Å². The van der Waals surface area contributed by atoms with Crippen molar-refractivity contribution in [3.8, 4) is 6.07 Å². The molecule has 0 heterocycles. The quantitative estimate of drug-likeness (QED) is 0.791. The number of carbonyl (C=O) groups is 1. The van der Waals surface area contributed by atoms with E-state index >= 15 is 0 Å². The average Bonchev–Trinajstić information content (AvgIpc) is 2.42. The molecule has 2 aromatic carbocycles. The van der Waals surface area contributed by atoms with Crippen LogP contribution < -0.4 is 0 Å². The van der Waals surface area contributed by atoms with E-state index in [1.54, 1.807) is 31.2 Å². The molecule has 2 nitrogen and oxygen atoms in total. The molecular weight excluding hydrogens is 277 g/mol. The molecule has 0 N–H and O–H groups in total. The Morgan fingerprint density at radius 1 is 1.30 bits per heavy atom. The first-order valence-corrected chi connectivity index (χ1v) is 6.36. The summed E-state index contributed by atoms with van der Waals surface area (Å²) in [6.07, 6.45) is 0. The fraction of sp³-hybridized carbons (Fsp3) is 0.125. The molecule has 1 atom stereocenters. The molecule has 0 aliphatic heterocycles. The highest BCUT2D eigenvalue weighted by Crippen LogP contribution is 2.25. The van der Waals surface area contributed by atoms with E-state index in [0.29, 0.717) is 16.1 Å². The monoisotopic (exact) mass is 287 g/mol. The topological polar surface area (TPSA) is 40.9 Å². The number of hydrogen-bond donors (Lipinski definition) is 0. The van der Waals surface area contributed by atoms with Gasteiger partial charge in [-0.2, -0.15) is 5.26 Å². The fourth-order valence-corrected chi connectivity index (χ4v) is 2.18. The summed E-state index contributed by atoms with van der Waals surface area (Å²) in [6.45, 7) is 1.71. The Bertz CT molecular complexity index is 706. The molecule has 100 valence electrons. The molecule has 0 aliphatic carbocycles. The highest BCUT2D eigenvalue weighted by atomic mass is 35.5. The lowest BCUT2D eigenvalue weighted by molar-refractivity contribution is 0.0978. The van der Waals surface area contributed by atoms with E-state index in [4.69, 9.17) is 11.6 Å². The summed E-state index contributed by atoms with van der Waals surface area (Å²) in [7, 11) is 0. The van der Waals surface area contributed by atoms with Crippen LogP contribution in [0.1, 0.15) is 27.4 Å². The lowest BCUT2D eigenvalue weighted by atomic mass is 9.90. The Kier molecular flexibility index (Phi) is 4.16. The van der Waals surface area contributed by atoms with Gasteiger partial charge >= 0.3 is 0 Å². The second-order valence-corrected chi connectivity index (χ2v) is 4.88. The summed E-state index contributed by atoms with van der Waals surface area (Å²) < 4.78 is 13.3. The minimum Gasteiger partial charge on any atom is -0.292 e. The molecule has 0 spiro atoms. The number of benzene rings is 2. The van der Waals surface area contributed by atoms with Gasteiger partial charge in [0.2, 0.25) is 0 Å². The van der Waals surface area contributed by atoms with E-state index in [1.807, 2.05) is 6.07 Å². The fourth-order valence-electron chi connectivity index (χ4n) is 1.99. The summed E-state index contributed by atoms with van der Waals surface area (Å²) in [5.74, 6) is -1.91. The number of halogens is 2. The number of rotatable bonds is 3. The van der Waals surface area contributed by atoms with Gasteiger partial charge in [-0.1, -0.05) is 29.8 Å². The summed E-state index contributed by atoms with van der Waals surface area (Å²) >= 11 is 5.87. The van der Waals surface area contributed by atoms with Crippen molar-refractivity contribution < 1.29 is 9.18 Å². The Morgan fingerprint density at radius 3 is 2.70 bits per heavy atom. The molecule has 0 bridgehead atoms. The van der Waals surface area contributed by atoms with Crippen LogP contribution in [0.5, 0.6) is 0 Å². The lowest BCUT2D eigenvalue weighted by Gasteiger charge is -2.11. The number of ketones is 1. The number of hydrogen-bond acceptors (Lipinski definition) is 2. The van der Waals surface area contributed by atoms with E-state index < -0.39 is 17.5 Å². The van der Waals surface area contributed by atoms with Gasteiger partial charge in [0, 0.05) is 10.6 Å². The van der Waals surface area contributed by atoms with Crippen molar-refractivity contribution in [2.45, 2.75) is 12.8 Å². The van der Waals surface area contributed by atoms with Crippen LogP contribution in [0.25, 0.3) is 0 Å². The van der Waals surface area contributed by atoms with Gasteiger partial charge in [0.1, 0.15) is 11.7 Å². The number of carbonyl (C=O) groups excluding carboxylic acids is 1. The van der Waals surface area contributed by atoms with E-state index in [-0.39, 0.29) is 5.56 Å². The molecule has 0 saturated heterocycles. The molecule has 0 amide bonds. The maximum Gasteiger partial charge on any atom is 0.184 e. The SMILES string of the molecule is Cc1ccc(F)cc1C(=O)C(C#N)c1cccc(Cl)c1. The third-order valence-corrected chi connectivity index (χ3v) is 3.27. The van der Waals surface area contributed by atoms with Crippen molar-refractivity contribution in [3.05, 3.63) is 70.0 Å². The average molecular weight is 288 g/mol. The predicted octanol–water partition coefficient (Wildman–Crippen LogP) is 4.28. The van der Waals surface area contributed by atoms with Gasteiger partial charge in [-0.05, 0) is 42.3 Å². The minimum atomic E-state index is -0.991. The van der Waals surface area contributed by atoms with Crippen LogP contribution in [-0.4, -0.2) is 5.78 Å². The normalized spacial score (nSPS) is 11.7. The summed E-state index contributed by atoms with van der Waals surface area (Å²) in [6, 6.07) is 12.5. The van der Waals surface area contributed by atoms with Crippen molar-refractivity contribution in [2.75, 3.05) is 0 Å². The molecule has 0 aliphatic rings. The van der Waals surface area contributed by atoms with Gasteiger partial charge in [-0.25, -0.2) is 4.39 Å². The highest BCUT2D eigenvalue weighted by molar-refractivity contribution is 6.30. The first kappa shape index (κ1) is 14.2. The third-order valence-electron chi connectivity index (χ3n) is 3.04. The van der Waals surface area contributed by atoms with Crippen molar-refractivity contribution >= 4 is 17.4 Å². The zero-order valence-corrected chi connectivity index (χ0v) is 11.5. The van der Waals surface area contributed by atoms with Gasteiger partial charge < -0.3 is 0 Å². The van der Waals surface area contributed by atoms with E-state index in [1.165, 1.54) is 12.1 Å². The van der Waals surface area contributed by atoms with Crippen LogP contribution >= 0.6 is 11.6 Å². The zero-order chi connectivity index (χ0) is 14.7. The first-order valence-electron chi connectivity index (χ1n) is 5.98. The van der Waals surface area contributed by atoms with E-state index in [2.05, 4.69) is 0 Å². The van der Waals surface area contributed by atoms with Crippen LogP contribution in [0.2, 0.25) is 5.02 Å².